The Morgan fingerprint density at radius 3 is 2.77 bits per heavy atom. The second-order valence-electron chi connectivity index (χ2n) is 5.66. The number of aromatic nitrogens is 4. The fourth-order valence-corrected chi connectivity index (χ4v) is 2.64. The number of nitrogens with one attached hydrogen (secondary N) is 1. The van der Waals surface area contributed by atoms with Crippen LogP contribution in [0.1, 0.15) is 11.1 Å². The summed E-state index contributed by atoms with van der Waals surface area (Å²) in [5.41, 5.74) is 2.43. The van der Waals surface area contributed by atoms with Crippen molar-refractivity contribution in [3.63, 3.8) is 0 Å². The molecule has 0 aliphatic heterocycles. The van der Waals surface area contributed by atoms with Crippen LogP contribution in [-0.4, -0.2) is 19.8 Å². The number of rotatable bonds is 4. The van der Waals surface area contributed by atoms with E-state index in [-0.39, 0.29) is 5.82 Å². The molecule has 0 saturated heterocycles. The molecule has 1 N–H and O–H groups in total. The Labute approximate surface area is 148 Å². The second-order valence-corrected chi connectivity index (χ2v) is 5.66. The normalized spacial score (nSPS) is 10.6. The third kappa shape index (κ3) is 2.96. The molecule has 0 saturated carbocycles. The van der Waals surface area contributed by atoms with Crippen LogP contribution < -0.4 is 5.32 Å². The van der Waals surface area contributed by atoms with Gasteiger partial charge in [0.2, 0.25) is 0 Å². The maximum Gasteiger partial charge on any atom is 0.188 e. The number of nitriles is 1. The van der Waals surface area contributed by atoms with Crippen molar-refractivity contribution >= 4 is 11.5 Å². The molecule has 4 rings (SSSR count). The van der Waals surface area contributed by atoms with Gasteiger partial charge in [-0.2, -0.15) is 9.78 Å². The van der Waals surface area contributed by atoms with Gasteiger partial charge in [-0.05, 0) is 42.0 Å². The third-order valence-corrected chi connectivity index (χ3v) is 3.91. The topological polar surface area (TPSA) is 78.9 Å². The fraction of sp³-hybridized carbons (Fsp3) is 0.0526. The van der Waals surface area contributed by atoms with Gasteiger partial charge in [-0.1, -0.05) is 24.3 Å². The van der Waals surface area contributed by atoms with Crippen LogP contribution in [0.25, 0.3) is 17.0 Å². The molecule has 2 aromatic carbocycles. The van der Waals surface area contributed by atoms with Gasteiger partial charge in [0, 0.05) is 6.54 Å². The van der Waals surface area contributed by atoms with Crippen LogP contribution in [-0.2, 0) is 6.54 Å². The number of halogens is 1. The molecular weight excluding hydrogens is 331 g/mol. The first-order valence-electron chi connectivity index (χ1n) is 7.95. The summed E-state index contributed by atoms with van der Waals surface area (Å²) in [7, 11) is 0. The molecule has 7 heteroatoms. The zero-order chi connectivity index (χ0) is 17.9. The summed E-state index contributed by atoms with van der Waals surface area (Å²) in [6.07, 6.45) is 0. The van der Waals surface area contributed by atoms with Crippen molar-refractivity contribution in [2.75, 3.05) is 5.32 Å². The van der Waals surface area contributed by atoms with E-state index < -0.39 is 0 Å². The predicted octanol–water partition coefficient (Wildman–Crippen LogP) is 3.41. The van der Waals surface area contributed by atoms with Crippen molar-refractivity contribution < 1.29 is 4.39 Å². The Kier molecular flexibility index (Phi) is 4.00. The van der Waals surface area contributed by atoms with E-state index in [2.05, 4.69) is 26.7 Å². The number of benzene rings is 2. The second kappa shape index (κ2) is 6.61. The molecule has 126 valence electrons. The van der Waals surface area contributed by atoms with Gasteiger partial charge in [0.25, 0.3) is 0 Å². The third-order valence-electron chi connectivity index (χ3n) is 3.91. The Bertz CT molecular complexity index is 1130. The average molecular weight is 344 g/mol. The smallest absolute Gasteiger partial charge is 0.188 e. The zero-order valence-electron chi connectivity index (χ0n) is 13.6. The molecule has 0 unspecified atom stereocenters. The van der Waals surface area contributed by atoms with Crippen molar-refractivity contribution in [2.45, 2.75) is 6.54 Å². The van der Waals surface area contributed by atoms with Crippen LogP contribution in [0.2, 0.25) is 0 Å². The van der Waals surface area contributed by atoms with E-state index in [4.69, 9.17) is 5.26 Å². The van der Waals surface area contributed by atoms with Gasteiger partial charge in [0.15, 0.2) is 11.5 Å². The van der Waals surface area contributed by atoms with Crippen LogP contribution in [0.3, 0.4) is 0 Å². The molecule has 0 aliphatic rings. The standard InChI is InChI=1S/C19H13FN6/c20-16-7-2-1-6-15(16)19-24-23-18-9-8-17(25-26(18)19)22-12-14-5-3-4-13(10-14)11-21/h1-10H,12H2,(H,22,25). The highest BCUT2D eigenvalue weighted by Crippen LogP contribution is 2.21. The molecule has 2 aromatic heterocycles. The van der Waals surface area contributed by atoms with Gasteiger partial charge in [-0.3, -0.25) is 0 Å². The molecule has 0 bridgehead atoms. The molecule has 26 heavy (non-hydrogen) atoms. The summed E-state index contributed by atoms with van der Waals surface area (Å²) >= 11 is 0. The highest BCUT2D eigenvalue weighted by atomic mass is 19.1. The van der Waals surface area contributed by atoms with Crippen LogP contribution in [0.5, 0.6) is 0 Å². The van der Waals surface area contributed by atoms with E-state index >= 15 is 0 Å². The molecule has 0 spiro atoms. The van der Waals surface area contributed by atoms with Gasteiger partial charge < -0.3 is 5.32 Å². The highest BCUT2D eigenvalue weighted by molar-refractivity contribution is 5.60. The van der Waals surface area contributed by atoms with E-state index in [1.807, 2.05) is 18.2 Å². The Morgan fingerprint density at radius 2 is 1.92 bits per heavy atom. The minimum atomic E-state index is -0.379. The van der Waals surface area contributed by atoms with E-state index in [1.54, 1.807) is 36.4 Å². The Balaban J connectivity index is 1.64. The number of nitrogens with zero attached hydrogens (tertiary/aromatic N) is 5. The lowest BCUT2D eigenvalue weighted by molar-refractivity contribution is 0.629. The zero-order valence-corrected chi connectivity index (χ0v) is 13.6. The lowest BCUT2D eigenvalue weighted by Crippen LogP contribution is -2.05. The monoisotopic (exact) mass is 344 g/mol. The van der Waals surface area contributed by atoms with Crippen molar-refractivity contribution in [1.29, 1.82) is 5.26 Å². The van der Waals surface area contributed by atoms with Crippen LogP contribution in [0, 0.1) is 17.1 Å². The predicted molar refractivity (Wildman–Crippen MR) is 94.7 cm³/mol. The molecule has 0 aliphatic carbocycles. The van der Waals surface area contributed by atoms with E-state index in [0.29, 0.717) is 35.0 Å². The SMILES string of the molecule is N#Cc1cccc(CNc2ccc3nnc(-c4ccccc4F)n3n2)c1. The molecule has 0 fully saturated rings. The van der Waals surface area contributed by atoms with Crippen LogP contribution in [0.4, 0.5) is 10.2 Å². The van der Waals surface area contributed by atoms with Gasteiger partial charge >= 0.3 is 0 Å². The Hall–Kier alpha value is -3.79. The average Bonchev–Trinajstić information content (AvgIpc) is 3.10. The van der Waals surface area contributed by atoms with Gasteiger partial charge in [-0.25, -0.2) is 4.39 Å². The van der Waals surface area contributed by atoms with Crippen molar-refractivity contribution in [1.82, 2.24) is 19.8 Å². The van der Waals surface area contributed by atoms with Gasteiger partial charge in [-0.15, -0.1) is 15.3 Å². The lowest BCUT2D eigenvalue weighted by atomic mass is 10.1. The van der Waals surface area contributed by atoms with Crippen molar-refractivity contribution in [3.05, 3.63) is 77.6 Å². The molecular formula is C19H13FN6. The number of hydrogen-bond acceptors (Lipinski definition) is 5. The molecule has 0 amide bonds. The summed E-state index contributed by atoms with van der Waals surface area (Å²) in [5, 5.41) is 24.7. The van der Waals surface area contributed by atoms with E-state index in [0.717, 1.165) is 5.56 Å². The van der Waals surface area contributed by atoms with Crippen LogP contribution >= 0.6 is 0 Å². The maximum atomic E-state index is 14.1. The summed E-state index contributed by atoms with van der Waals surface area (Å²) < 4.78 is 15.6. The number of anilines is 1. The Morgan fingerprint density at radius 1 is 1.04 bits per heavy atom. The largest absolute Gasteiger partial charge is 0.365 e. The summed E-state index contributed by atoms with van der Waals surface area (Å²) in [6.45, 7) is 0.505. The van der Waals surface area contributed by atoms with Crippen molar-refractivity contribution in [2.24, 2.45) is 0 Å². The summed E-state index contributed by atoms with van der Waals surface area (Å²) in [6, 6.07) is 19.4. The first-order chi connectivity index (χ1) is 12.7. The molecule has 0 atom stereocenters. The first kappa shape index (κ1) is 15.7. The highest BCUT2D eigenvalue weighted by Gasteiger charge is 2.13. The minimum absolute atomic E-state index is 0.339. The number of hydrogen-bond donors (Lipinski definition) is 1. The quantitative estimate of drug-likeness (QED) is 0.614. The van der Waals surface area contributed by atoms with E-state index in [1.165, 1.54) is 10.6 Å². The van der Waals surface area contributed by atoms with Crippen molar-refractivity contribution in [3.8, 4) is 17.5 Å². The lowest BCUT2D eigenvalue weighted by Gasteiger charge is -2.07. The fourth-order valence-electron chi connectivity index (χ4n) is 2.64. The molecule has 4 aromatic rings. The number of fused-ring (bicyclic) bond motifs is 1. The van der Waals surface area contributed by atoms with Gasteiger partial charge in [0.05, 0.1) is 17.2 Å². The summed E-state index contributed by atoms with van der Waals surface area (Å²) in [4.78, 5) is 0. The molecule has 6 nitrogen and oxygen atoms in total. The van der Waals surface area contributed by atoms with Gasteiger partial charge in [0.1, 0.15) is 11.6 Å². The van der Waals surface area contributed by atoms with E-state index in [9.17, 15) is 4.39 Å². The minimum Gasteiger partial charge on any atom is -0.365 e. The maximum absolute atomic E-state index is 14.1. The van der Waals surface area contributed by atoms with Crippen LogP contribution in [0.15, 0.2) is 60.7 Å². The summed E-state index contributed by atoms with van der Waals surface area (Å²) in [5.74, 6) is 0.556. The molecule has 0 radical (unpaired) electrons. The first-order valence-corrected chi connectivity index (χ1v) is 7.95. The molecule has 2 heterocycles.